The molecule has 0 bridgehead atoms. The Bertz CT molecular complexity index is 1540. The van der Waals surface area contributed by atoms with Crippen molar-refractivity contribution >= 4 is 44.7 Å². The minimum absolute atomic E-state index is 0.135. The molecule has 12 heteroatoms. The smallest absolute Gasteiger partial charge is 0.329 e. The highest BCUT2D eigenvalue weighted by Gasteiger charge is 2.43. The molecule has 1 fully saturated rings. The van der Waals surface area contributed by atoms with Gasteiger partial charge in [-0.25, -0.2) is 9.52 Å². The van der Waals surface area contributed by atoms with Crippen molar-refractivity contribution < 1.29 is 18.0 Å². The van der Waals surface area contributed by atoms with E-state index in [-0.39, 0.29) is 13.1 Å². The van der Waals surface area contributed by atoms with Gasteiger partial charge in [-0.05, 0) is 55.2 Å². The average Bonchev–Trinajstić information content (AvgIpc) is 3.23. The number of hydrogen-bond donors (Lipinski definition) is 3. The second-order valence-electron chi connectivity index (χ2n) is 9.07. The molecule has 0 saturated carbocycles. The molecule has 1 atom stereocenters. The van der Waals surface area contributed by atoms with Crippen molar-refractivity contribution in [1.29, 1.82) is 5.26 Å². The van der Waals surface area contributed by atoms with E-state index in [2.05, 4.69) is 16.7 Å². The van der Waals surface area contributed by atoms with Crippen molar-refractivity contribution in [3.05, 3.63) is 69.9 Å². The molecule has 1 saturated heterocycles. The lowest BCUT2D eigenvalue weighted by molar-refractivity contribution is 0.0835. The molecule has 3 amide bonds. The van der Waals surface area contributed by atoms with Crippen LogP contribution >= 0.6 is 11.6 Å². The van der Waals surface area contributed by atoms with Crippen LogP contribution in [0, 0.1) is 18.3 Å². The molecule has 1 aromatic heterocycles. The molecule has 2 heterocycles. The van der Waals surface area contributed by atoms with E-state index in [0.717, 1.165) is 20.8 Å². The molecule has 0 aliphatic carbocycles. The van der Waals surface area contributed by atoms with Crippen LogP contribution < -0.4 is 15.4 Å². The van der Waals surface area contributed by atoms with Gasteiger partial charge in [-0.3, -0.25) is 4.79 Å². The molecule has 3 aromatic rings. The van der Waals surface area contributed by atoms with Crippen molar-refractivity contribution in [2.45, 2.75) is 25.3 Å². The summed E-state index contributed by atoms with van der Waals surface area (Å²) in [5.74, 6) is -0.423. The van der Waals surface area contributed by atoms with E-state index in [0.29, 0.717) is 34.7 Å². The summed E-state index contributed by atoms with van der Waals surface area (Å²) in [6, 6.07) is 13.4. The van der Waals surface area contributed by atoms with Gasteiger partial charge in [-0.2, -0.15) is 18.0 Å². The van der Waals surface area contributed by atoms with Gasteiger partial charge in [0.2, 0.25) is 0 Å². The molecule has 10 nitrogen and oxygen atoms in total. The summed E-state index contributed by atoms with van der Waals surface area (Å²) in [7, 11) is -1.12. The van der Waals surface area contributed by atoms with Crippen LogP contribution in [0.1, 0.15) is 40.0 Å². The number of nitrogens with zero attached hydrogens (tertiary/aromatic N) is 3. The van der Waals surface area contributed by atoms with Gasteiger partial charge >= 0.3 is 16.2 Å². The summed E-state index contributed by atoms with van der Waals surface area (Å²) >= 11 is 6.50. The fourth-order valence-electron chi connectivity index (χ4n) is 4.73. The molecule has 1 aliphatic rings. The second kappa shape index (κ2) is 10.0. The van der Waals surface area contributed by atoms with E-state index in [4.69, 9.17) is 11.6 Å². The molecule has 0 radical (unpaired) electrons. The standard InChI is InChI=1S/C25H27ClN6O4S/c1-16-8-9-20-19(22(16)26)13-21(31(20)3)23(33)29-25(18-7-4-6-17(12-18)14-27)10-5-11-32(15-25)37(35,36)30-24(34)28-2/h4,6-9,12-13H,5,10-11,15H2,1-3H3,(H,29,33)(H2,28,30,34). The van der Waals surface area contributed by atoms with Crippen LogP contribution in [0.3, 0.4) is 0 Å². The highest BCUT2D eigenvalue weighted by Crippen LogP contribution is 2.35. The molecule has 4 rings (SSSR count). The molecule has 3 N–H and O–H groups in total. The van der Waals surface area contributed by atoms with Gasteiger partial charge < -0.3 is 15.2 Å². The molecule has 1 unspecified atom stereocenters. The second-order valence-corrected chi connectivity index (χ2v) is 11.1. The zero-order chi connectivity index (χ0) is 27.0. The Labute approximate surface area is 220 Å². The third-order valence-electron chi connectivity index (χ3n) is 6.73. The molecular formula is C25H27ClN6O4S. The SMILES string of the molecule is CNC(=O)NS(=O)(=O)N1CCCC(NC(=O)c2cc3c(Cl)c(C)ccc3n2C)(c2cccc(C#N)c2)C1. The first-order valence-electron chi connectivity index (χ1n) is 11.6. The summed E-state index contributed by atoms with van der Waals surface area (Å²) in [4.78, 5) is 25.5. The van der Waals surface area contributed by atoms with Crippen molar-refractivity contribution in [1.82, 2.24) is 24.2 Å². The van der Waals surface area contributed by atoms with Crippen molar-refractivity contribution in [2.75, 3.05) is 20.1 Å². The maximum atomic E-state index is 13.7. The summed E-state index contributed by atoms with van der Waals surface area (Å²) in [6.07, 6.45) is 0.829. The highest BCUT2D eigenvalue weighted by atomic mass is 35.5. The highest BCUT2D eigenvalue weighted by molar-refractivity contribution is 7.87. The molecule has 194 valence electrons. The van der Waals surface area contributed by atoms with Crippen molar-refractivity contribution in [3.63, 3.8) is 0 Å². The predicted molar refractivity (Wildman–Crippen MR) is 140 cm³/mol. The lowest BCUT2D eigenvalue weighted by Gasteiger charge is -2.43. The molecule has 0 spiro atoms. The fraction of sp³-hybridized carbons (Fsp3) is 0.320. The van der Waals surface area contributed by atoms with Gasteiger partial charge in [0.25, 0.3) is 5.91 Å². The van der Waals surface area contributed by atoms with Gasteiger partial charge in [-0.1, -0.05) is 29.8 Å². The number of carbonyl (C=O) groups is 2. The normalized spacial score (nSPS) is 18.2. The lowest BCUT2D eigenvalue weighted by Crippen LogP contribution is -2.60. The van der Waals surface area contributed by atoms with Gasteiger partial charge in [0.05, 0.1) is 22.2 Å². The van der Waals surface area contributed by atoms with Crippen LogP contribution in [-0.4, -0.2) is 49.4 Å². The van der Waals surface area contributed by atoms with Gasteiger partial charge in [0.1, 0.15) is 5.69 Å². The minimum Gasteiger partial charge on any atom is -0.340 e. The number of halogens is 1. The van der Waals surface area contributed by atoms with Gasteiger partial charge in [0, 0.05) is 38.1 Å². The zero-order valence-corrected chi connectivity index (χ0v) is 22.2. The van der Waals surface area contributed by atoms with Crippen LogP contribution in [0.15, 0.2) is 42.5 Å². The zero-order valence-electron chi connectivity index (χ0n) is 20.6. The summed E-state index contributed by atoms with van der Waals surface area (Å²) < 4.78 is 30.8. The summed E-state index contributed by atoms with van der Waals surface area (Å²) in [6.45, 7) is 1.91. The Hall–Kier alpha value is -3.59. The van der Waals surface area contributed by atoms with E-state index in [1.807, 2.05) is 23.8 Å². The van der Waals surface area contributed by atoms with Crippen LogP contribution in [0.5, 0.6) is 0 Å². The third-order valence-corrected chi connectivity index (χ3v) is 8.67. The minimum atomic E-state index is -4.20. The monoisotopic (exact) mass is 542 g/mol. The number of carbonyl (C=O) groups excluding carboxylic acids is 2. The summed E-state index contributed by atoms with van der Waals surface area (Å²) in [5, 5.41) is 16.1. The molecule has 37 heavy (non-hydrogen) atoms. The van der Waals surface area contributed by atoms with Crippen molar-refractivity contribution in [3.8, 4) is 6.07 Å². The first-order chi connectivity index (χ1) is 17.5. The molecular weight excluding hydrogens is 516 g/mol. The maximum absolute atomic E-state index is 13.7. The van der Waals surface area contributed by atoms with E-state index in [1.54, 1.807) is 41.9 Å². The number of aryl methyl sites for hydroxylation is 2. The number of rotatable bonds is 5. The maximum Gasteiger partial charge on any atom is 0.329 e. The molecule has 1 aliphatic heterocycles. The summed E-state index contributed by atoms with van der Waals surface area (Å²) in [5.41, 5.74) is 1.82. The van der Waals surface area contributed by atoms with E-state index in [1.165, 1.54) is 7.05 Å². The van der Waals surface area contributed by atoms with Gasteiger partial charge in [0.15, 0.2) is 0 Å². The number of aromatic nitrogens is 1. The molecule has 2 aromatic carbocycles. The van der Waals surface area contributed by atoms with Crippen molar-refractivity contribution in [2.24, 2.45) is 7.05 Å². The van der Waals surface area contributed by atoms with E-state index in [9.17, 15) is 23.3 Å². The number of hydrogen-bond acceptors (Lipinski definition) is 5. The Kier molecular flexibility index (Phi) is 7.19. The first kappa shape index (κ1) is 26.5. The van der Waals surface area contributed by atoms with E-state index >= 15 is 0 Å². The number of amides is 3. The number of nitrogens with one attached hydrogen (secondary N) is 3. The Morgan fingerprint density at radius 1 is 1.19 bits per heavy atom. The van der Waals surface area contributed by atoms with Crippen LogP contribution in [0.2, 0.25) is 5.02 Å². The van der Waals surface area contributed by atoms with Crippen LogP contribution in [-0.2, 0) is 22.8 Å². The first-order valence-corrected chi connectivity index (χ1v) is 13.4. The number of fused-ring (bicyclic) bond motifs is 1. The van der Waals surface area contributed by atoms with Crippen LogP contribution in [0.4, 0.5) is 4.79 Å². The topological polar surface area (TPSA) is 136 Å². The predicted octanol–water partition coefficient (Wildman–Crippen LogP) is 2.91. The number of benzene rings is 2. The lowest BCUT2D eigenvalue weighted by atomic mass is 9.82. The van der Waals surface area contributed by atoms with Gasteiger partial charge in [-0.15, -0.1) is 0 Å². The van der Waals surface area contributed by atoms with E-state index < -0.39 is 27.7 Å². The Balaban J connectivity index is 1.77. The number of urea groups is 1. The Morgan fingerprint density at radius 3 is 2.65 bits per heavy atom. The van der Waals surface area contributed by atoms with Crippen LogP contribution in [0.25, 0.3) is 10.9 Å². The largest absolute Gasteiger partial charge is 0.340 e. The third kappa shape index (κ3) is 5.00. The number of nitriles is 1. The Morgan fingerprint density at radius 2 is 1.95 bits per heavy atom. The fourth-order valence-corrected chi connectivity index (χ4v) is 6.17. The average molecular weight is 543 g/mol. The number of piperidine rings is 1. The quantitative estimate of drug-likeness (QED) is 0.455.